The summed E-state index contributed by atoms with van der Waals surface area (Å²) < 4.78 is 7.05. The summed E-state index contributed by atoms with van der Waals surface area (Å²) >= 11 is 3.46. The van der Waals surface area contributed by atoms with E-state index in [-0.39, 0.29) is 0 Å². The zero-order valence-electron chi connectivity index (χ0n) is 12.8. The lowest BCUT2D eigenvalue weighted by molar-refractivity contribution is 0.451. The van der Waals surface area contributed by atoms with Gasteiger partial charge >= 0.3 is 0 Å². The molecule has 0 atom stereocenters. The Labute approximate surface area is 134 Å². The molecule has 112 valence electrons. The maximum atomic E-state index is 6.01. The lowest BCUT2D eigenvalue weighted by Gasteiger charge is -2.14. The number of benzene rings is 1. The first-order valence-corrected chi connectivity index (χ1v) is 7.89. The van der Waals surface area contributed by atoms with Crippen molar-refractivity contribution in [1.29, 1.82) is 0 Å². The Morgan fingerprint density at radius 2 is 1.95 bits per heavy atom. The van der Waals surface area contributed by atoms with E-state index in [1.807, 2.05) is 45.9 Å². The molecule has 0 aliphatic rings. The van der Waals surface area contributed by atoms with E-state index in [0.717, 1.165) is 46.0 Å². The monoisotopic (exact) mass is 349 g/mol. The highest BCUT2D eigenvalue weighted by Gasteiger charge is 2.13. The van der Waals surface area contributed by atoms with E-state index >= 15 is 0 Å². The number of anilines is 1. The van der Waals surface area contributed by atoms with Gasteiger partial charge in [-0.25, -0.2) is 4.98 Å². The first-order valence-electron chi connectivity index (χ1n) is 7.10. The van der Waals surface area contributed by atoms with Gasteiger partial charge in [-0.2, -0.15) is 4.98 Å². The molecule has 1 heterocycles. The van der Waals surface area contributed by atoms with E-state index in [1.165, 1.54) is 0 Å². The summed E-state index contributed by atoms with van der Waals surface area (Å²) in [7, 11) is 0. The molecule has 21 heavy (non-hydrogen) atoms. The van der Waals surface area contributed by atoms with Gasteiger partial charge in [0.2, 0.25) is 5.88 Å². The highest BCUT2D eigenvalue weighted by Crippen LogP contribution is 2.30. The number of nitrogens with one attached hydrogen (secondary N) is 1. The minimum Gasteiger partial charge on any atom is -0.438 e. The Hall–Kier alpha value is -1.62. The van der Waals surface area contributed by atoms with Crippen molar-refractivity contribution in [2.75, 3.05) is 11.9 Å². The van der Waals surface area contributed by atoms with Gasteiger partial charge in [-0.3, -0.25) is 0 Å². The maximum absolute atomic E-state index is 6.01. The van der Waals surface area contributed by atoms with Gasteiger partial charge in [0.15, 0.2) is 0 Å². The van der Waals surface area contributed by atoms with E-state index in [2.05, 4.69) is 31.2 Å². The van der Waals surface area contributed by atoms with Crippen molar-refractivity contribution >= 4 is 21.7 Å². The largest absolute Gasteiger partial charge is 0.438 e. The van der Waals surface area contributed by atoms with E-state index in [1.54, 1.807) is 0 Å². The second-order valence-corrected chi connectivity index (χ2v) is 5.73. The molecule has 4 nitrogen and oxygen atoms in total. The lowest BCUT2D eigenvalue weighted by Crippen LogP contribution is -2.07. The average Bonchev–Trinajstić information content (AvgIpc) is 2.46. The second-order valence-electron chi connectivity index (χ2n) is 4.81. The summed E-state index contributed by atoms with van der Waals surface area (Å²) in [6.45, 7) is 8.89. The van der Waals surface area contributed by atoms with Gasteiger partial charge in [0.1, 0.15) is 17.4 Å². The topological polar surface area (TPSA) is 47.0 Å². The molecule has 0 bridgehead atoms. The first kappa shape index (κ1) is 15.8. The molecule has 0 unspecified atom stereocenters. The fourth-order valence-electron chi connectivity index (χ4n) is 1.97. The summed E-state index contributed by atoms with van der Waals surface area (Å²) in [5, 5.41) is 3.26. The van der Waals surface area contributed by atoms with Crippen LogP contribution in [0, 0.1) is 13.8 Å². The van der Waals surface area contributed by atoms with Crippen LogP contribution in [0.4, 0.5) is 5.82 Å². The predicted molar refractivity (Wildman–Crippen MR) is 89.3 cm³/mol. The van der Waals surface area contributed by atoms with Gasteiger partial charge in [-0.05, 0) is 44.5 Å². The molecule has 0 fully saturated rings. The number of hydrogen-bond donors (Lipinski definition) is 1. The van der Waals surface area contributed by atoms with Crippen LogP contribution in [0.1, 0.15) is 30.8 Å². The number of ether oxygens (including phenoxy) is 1. The van der Waals surface area contributed by atoms with Crippen LogP contribution in [-0.4, -0.2) is 16.5 Å². The van der Waals surface area contributed by atoms with Crippen molar-refractivity contribution in [3.8, 4) is 11.6 Å². The Morgan fingerprint density at radius 3 is 2.57 bits per heavy atom. The van der Waals surface area contributed by atoms with Gasteiger partial charge in [-0.1, -0.05) is 22.9 Å². The number of rotatable bonds is 5. The van der Waals surface area contributed by atoms with Crippen LogP contribution in [0.5, 0.6) is 11.6 Å². The smallest absolute Gasteiger partial charge is 0.227 e. The third-order valence-electron chi connectivity index (χ3n) is 3.15. The normalized spacial score (nSPS) is 10.5. The molecule has 0 spiro atoms. The summed E-state index contributed by atoms with van der Waals surface area (Å²) in [4.78, 5) is 9.02. The zero-order chi connectivity index (χ0) is 15.4. The molecule has 2 rings (SSSR count). The van der Waals surface area contributed by atoms with Crippen LogP contribution in [0.3, 0.4) is 0 Å². The third kappa shape index (κ3) is 3.73. The molecule has 1 aromatic heterocycles. The number of hydrogen-bond acceptors (Lipinski definition) is 4. The van der Waals surface area contributed by atoms with Crippen molar-refractivity contribution in [2.24, 2.45) is 0 Å². The van der Waals surface area contributed by atoms with Crippen molar-refractivity contribution in [2.45, 2.75) is 34.1 Å². The summed E-state index contributed by atoms with van der Waals surface area (Å²) in [6.07, 6.45) is 0.772. The number of aryl methyl sites for hydroxylation is 2. The molecule has 0 saturated heterocycles. The second kappa shape index (κ2) is 6.89. The average molecular weight is 350 g/mol. The molecule has 1 N–H and O–H groups in total. The minimum atomic E-state index is 0.614. The zero-order valence-corrected chi connectivity index (χ0v) is 14.4. The Balaban J connectivity index is 2.40. The van der Waals surface area contributed by atoms with E-state index < -0.39 is 0 Å². The van der Waals surface area contributed by atoms with E-state index in [9.17, 15) is 0 Å². The molecular formula is C16H20BrN3O. The molecule has 0 amide bonds. The Bertz CT molecular complexity index is 644. The fraction of sp³-hybridized carbons (Fsp3) is 0.375. The Morgan fingerprint density at radius 1 is 1.19 bits per heavy atom. The van der Waals surface area contributed by atoms with Crippen molar-refractivity contribution in [1.82, 2.24) is 9.97 Å². The molecule has 5 heteroatoms. The molecular weight excluding hydrogens is 330 g/mol. The van der Waals surface area contributed by atoms with Gasteiger partial charge in [0.05, 0.1) is 5.56 Å². The van der Waals surface area contributed by atoms with Gasteiger partial charge in [-0.15, -0.1) is 0 Å². The standard InChI is InChI=1S/C16H20BrN3O/c1-5-14-19-15(18-6-2)11(4)16(20-14)21-13-8-7-12(17)9-10(13)3/h7-9H,5-6H2,1-4H3,(H,18,19,20). The quantitative estimate of drug-likeness (QED) is 0.853. The van der Waals surface area contributed by atoms with Crippen molar-refractivity contribution < 1.29 is 4.74 Å². The molecule has 1 aromatic carbocycles. The highest BCUT2D eigenvalue weighted by atomic mass is 79.9. The summed E-state index contributed by atoms with van der Waals surface area (Å²) in [5.74, 6) is 3.04. The van der Waals surface area contributed by atoms with Crippen molar-refractivity contribution in [3.05, 3.63) is 39.6 Å². The molecule has 0 radical (unpaired) electrons. The SMILES string of the molecule is CCNc1nc(CC)nc(Oc2ccc(Br)cc2C)c1C. The number of halogens is 1. The number of aromatic nitrogens is 2. The molecule has 0 aliphatic heterocycles. The molecule has 0 aliphatic carbocycles. The van der Waals surface area contributed by atoms with Crippen LogP contribution in [0.2, 0.25) is 0 Å². The molecule has 2 aromatic rings. The maximum Gasteiger partial charge on any atom is 0.227 e. The highest BCUT2D eigenvalue weighted by molar-refractivity contribution is 9.10. The van der Waals surface area contributed by atoms with Crippen LogP contribution >= 0.6 is 15.9 Å². The summed E-state index contributed by atoms with van der Waals surface area (Å²) in [6, 6.07) is 5.93. The van der Waals surface area contributed by atoms with E-state index in [4.69, 9.17) is 4.74 Å². The Kier molecular flexibility index (Phi) is 5.17. The van der Waals surface area contributed by atoms with Gasteiger partial charge < -0.3 is 10.1 Å². The summed E-state index contributed by atoms with van der Waals surface area (Å²) in [5.41, 5.74) is 1.99. The van der Waals surface area contributed by atoms with Crippen LogP contribution in [0.15, 0.2) is 22.7 Å². The number of nitrogens with zero attached hydrogens (tertiary/aromatic N) is 2. The predicted octanol–water partition coefficient (Wildman–Crippen LogP) is 4.64. The lowest BCUT2D eigenvalue weighted by atomic mass is 10.2. The van der Waals surface area contributed by atoms with Crippen LogP contribution in [0.25, 0.3) is 0 Å². The van der Waals surface area contributed by atoms with Gasteiger partial charge in [0.25, 0.3) is 0 Å². The van der Waals surface area contributed by atoms with Crippen LogP contribution < -0.4 is 10.1 Å². The minimum absolute atomic E-state index is 0.614. The van der Waals surface area contributed by atoms with Gasteiger partial charge in [0, 0.05) is 17.4 Å². The molecule has 0 saturated carbocycles. The van der Waals surface area contributed by atoms with E-state index in [0.29, 0.717) is 5.88 Å². The first-order chi connectivity index (χ1) is 10.0. The third-order valence-corrected chi connectivity index (χ3v) is 3.64. The fourth-order valence-corrected chi connectivity index (χ4v) is 2.44. The van der Waals surface area contributed by atoms with Crippen molar-refractivity contribution in [3.63, 3.8) is 0 Å². The van der Waals surface area contributed by atoms with Crippen LogP contribution in [-0.2, 0) is 6.42 Å².